The Morgan fingerprint density at radius 1 is 1.00 bits per heavy atom. The molecule has 0 saturated heterocycles. The smallest absolute Gasteiger partial charge is 0.373 e. The first kappa shape index (κ1) is 17.5. The van der Waals surface area contributed by atoms with Crippen molar-refractivity contribution < 1.29 is 33.0 Å². The summed E-state index contributed by atoms with van der Waals surface area (Å²) in [5, 5.41) is 0. The SMILES string of the molecule is Cc1ccc2oc(/C=C/c3ccc(N(C)C)cc3)[n+](C)c2c1.[I-]. The maximum Gasteiger partial charge on any atom is 0.373 e. The topological polar surface area (TPSA) is 20.3 Å². The molecule has 2 aromatic carbocycles. The Morgan fingerprint density at radius 3 is 2.35 bits per heavy atom. The monoisotopic (exact) mass is 420 g/mol. The molecular formula is C19H21IN2O. The van der Waals surface area contributed by atoms with Crippen molar-refractivity contribution in [3.8, 4) is 0 Å². The molecule has 0 aliphatic rings. The predicted molar refractivity (Wildman–Crippen MR) is 91.8 cm³/mol. The van der Waals surface area contributed by atoms with Crippen molar-refractivity contribution in [2.45, 2.75) is 6.92 Å². The third-order valence-corrected chi connectivity index (χ3v) is 3.85. The molecule has 3 rings (SSSR count). The van der Waals surface area contributed by atoms with E-state index in [0.29, 0.717) is 0 Å². The van der Waals surface area contributed by atoms with Crippen LogP contribution in [0.4, 0.5) is 5.69 Å². The number of aromatic nitrogens is 1. The summed E-state index contributed by atoms with van der Waals surface area (Å²) in [6.45, 7) is 2.09. The Morgan fingerprint density at radius 2 is 1.70 bits per heavy atom. The summed E-state index contributed by atoms with van der Waals surface area (Å²) in [6, 6.07) is 14.7. The molecule has 0 atom stereocenters. The number of hydrogen-bond donors (Lipinski definition) is 0. The summed E-state index contributed by atoms with van der Waals surface area (Å²) in [4.78, 5) is 2.09. The van der Waals surface area contributed by atoms with Gasteiger partial charge in [-0.15, -0.1) is 0 Å². The molecule has 0 fully saturated rings. The molecule has 23 heavy (non-hydrogen) atoms. The van der Waals surface area contributed by atoms with Crippen LogP contribution in [-0.4, -0.2) is 14.1 Å². The van der Waals surface area contributed by atoms with E-state index in [2.05, 4.69) is 58.9 Å². The summed E-state index contributed by atoms with van der Waals surface area (Å²) in [6.07, 6.45) is 4.09. The molecule has 1 heterocycles. The number of anilines is 1. The van der Waals surface area contributed by atoms with E-state index in [1.807, 2.05) is 33.3 Å². The number of hydrogen-bond acceptors (Lipinski definition) is 2. The molecule has 4 heteroatoms. The highest BCUT2D eigenvalue weighted by Crippen LogP contribution is 2.18. The molecule has 3 aromatic rings. The van der Waals surface area contributed by atoms with Crippen LogP contribution in [0, 0.1) is 6.92 Å². The van der Waals surface area contributed by atoms with Gasteiger partial charge >= 0.3 is 5.89 Å². The quantitative estimate of drug-likeness (QED) is 0.462. The Kier molecular flexibility index (Phi) is 5.46. The average Bonchev–Trinajstić information content (AvgIpc) is 2.82. The van der Waals surface area contributed by atoms with E-state index in [1.165, 1.54) is 11.3 Å². The highest BCUT2D eigenvalue weighted by atomic mass is 127. The lowest BCUT2D eigenvalue weighted by Gasteiger charge is -2.11. The summed E-state index contributed by atoms with van der Waals surface area (Å²) in [5.41, 5.74) is 5.61. The van der Waals surface area contributed by atoms with E-state index < -0.39 is 0 Å². The number of rotatable bonds is 3. The van der Waals surface area contributed by atoms with Crippen LogP contribution < -0.4 is 33.4 Å². The van der Waals surface area contributed by atoms with Crippen LogP contribution in [0.5, 0.6) is 0 Å². The molecule has 0 saturated carbocycles. The Bertz CT molecular complexity index is 832. The van der Waals surface area contributed by atoms with E-state index in [-0.39, 0.29) is 24.0 Å². The van der Waals surface area contributed by atoms with Crippen molar-refractivity contribution >= 4 is 28.9 Å². The van der Waals surface area contributed by atoms with Gasteiger partial charge in [0, 0.05) is 25.8 Å². The minimum absolute atomic E-state index is 0. The van der Waals surface area contributed by atoms with Gasteiger partial charge in [-0.1, -0.05) is 18.2 Å². The van der Waals surface area contributed by atoms with Gasteiger partial charge in [0.05, 0.1) is 6.08 Å². The van der Waals surface area contributed by atoms with Gasteiger partial charge in [-0.25, -0.2) is 0 Å². The van der Waals surface area contributed by atoms with Crippen LogP contribution in [0.25, 0.3) is 23.3 Å². The zero-order chi connectivity index (χ0) is 15.7. The van der Waals surface area contributed by atoms with Gasteiger partial charge < -0.3 is 33.3 Å². The molecule has 0 bridgehead atoms. The predicted octanol–water partition coefficient (Wildman–Crippen LogP) is 0.806. The molecule has 0 aliphatic carbocycles. The zero-order valence-electron chi connectivity index (χ0n) is 13.9. The van der Waals surface area contributed by atoms with Crippen LogP contribution in [-0.2, 0) is 7.05 Å². The molecule has 0 unspecified atom stereocenters. The minimum Gasteiger partial charge on any atom is -1.00 e. The summed E-state index contributed by atoms with van der Waals surface area (Å²) >= 11 is 0. The van der Waals surface area contributed by atoms with Gasteiger partial charge in [-0.2, -0.15) is 4.57 Å². The molecular weight excluding hydrogens is 399 g/mol. The van der Waals surface area contributed by atoms with Gasteiger partial charge in [0.15, 0.2) is 0 Å². The van der Waals surface area contributed by atoms with Gasteiger partial charge in [0.25, 0.3) is 5.52 Å². The normalized spacial score (nSPS) is 11.0. The van der Waals surface area contributed by atoms with Crippen molar-refractivity contribution in [1.29, 1.82) is 0 Å². The number of fused-ring (bicyclic) bond motifs is 1. The van der Waals surface area contributed by atoms with Gasteiger partial charge in [-0.05, 0) is 42.3 Å². The van der Waals surface area contributed by atoms with E-state index in [4.69, 9.17) is 4.42 Å². The molecule has 120 valence electrons. The maximum absolute atomic E-state index is 5.91. The van der Waals surface area contributed by atoms with Crippen LogP contribution in [0.2, 0.25) is 0 Å². The highest BCUT2D eigenvalue weighted by molar-refractivity contribution is 5.73. The fourth-order valence-electron chi connectivity index (χ4n) is 2.47. The second-order valence-electron chi connectivity index (χ2n) is 5.79. The molecule has 1 aromatic heterocycles. The Balaban J connectivity index is 0.00000192. The van der Waals surface area contributed by atoms with Crippen molar-refractivity contribution in [1.82, 2.24) is 0 Å². The van der Waals surface area contributed by atoms with Gasteiger partial charge in [-0.3, -0.25) is 0 Å². The fraction of sp³-hybridized carbons (Fsp3) is 0.211. The van der Waals surface area contributed by atoms with Crippen molar-refractivity contribution in [2.24, 2.45) is 7.05 Å². The number of halogens is 1. The Labute approximate surface area is 154 Å². The molecule has 0 spiro atoms. The van der Waals surface area contributed by atoms with E-state index in [0.717, 1.165) is 22.6 Å². The maximum atomic E-state index is 5.91. The molecule has 0 radical (unpaired) electrons. The van der Waals surface area contributed by atoms with Gasteiger partial charge in [0.1, 0.15) is 7.05 Å². The van der Waals surface area contributed by atoms with Crippen LogP contribution in [0.1, 0.15) is 17.0 Å². The lowest BCUT2D eigenvalue weighted by Crippen LogP contribution is -3.00. The standard InChI is InChI=1S/C19H21N2O.HI/c1-14-5-11-18-17(13-14)21(4)19(22-18)12-8-15-6-9-16(10-7-15)20(2)3;/h5-13H,1-4H3;1H/q+1;/p-1. The lowest BCUT2D eigenvalue weighted by atomic mass is 10.2. The second kappa shape index (κ2) is 7.17. The zero-order valence-corrected chi connectivity index (χ0v) is 16.0. The van der Waals surface area contributed by atoms with Crippen LogP contribution in [0.15, 0.2) is 46.9 Å². The number of nitrogens with zero attached hydrogens (tertiary/aromatic N) is 2. The number of aryl methyl sites for hydroxylation is 2. The third-order valence-electron chi connectivity index (χ3n) is 3.85. The van der Waals surface area contributed by atoms with E-state index >= 15 is 0 Å². The summed E-state index contributed by atoms with van der Waals surface area (Å²) in [7, 11) is 6.11. The third kappa shape index (κ3) is 3.75. The molecule has 0 amide bonds. The Hall–Kier alpha value is -1.82. The first-order valence-electron chi connectivity index (χ1n) is 7.39. The largest absolute Gasteiger partial charge is 1.00 e. The fourth-order valence-corrected chi connectivity index (χ4v) is 2.47. The lowest BCUT2D eigenvalue weighted by molar-refractivity contribution is -0.651. The van der Waals surface area contributed by atoms with E-state index in [9.17, 15) is 0 Å². The first-order valence-corrected chi connectivity index (χ1v) is 7.39. The summed E-state index contributed by atoms with van der Waals surface area (Å²) in [5.74, 6) is 0.845. The number of oxazole rings is 1. The average molecular weight is 420 g/mol. The van der Waals surface area contributed by atoms with Crippen molar-refractivity contribution in [2.75, 3.05) is 19.0 Å². The van der Waals surface area contributed by atoms with E-state index in [1.54, 1.807) is 0 Å². The number of benzene rings is 2. The van der Waals surface area contributed by atoms with Crippen LogP contribution in [0.3, 0.4) is 0 Å². The molecule has 0 aliphatic heterocycles. The molecule has 3 nitrogen and oxygen atoms in total. The second-order valence-corrected chi connectivity index (χ2v) is 5.79. The molecule has 0 N–H and O–H groups in total. The highest BCUT2D eigenvalue weighted by Gasteiger charge is 2.16. The van der Waals surface area contributed by atoms with Gasteiger partial charge in [0.2, 0.25) is 5.58 Å². The van der Waals surface area contributed by atoms with Crippen LogP contribution >= 0.6 is 0 Å². The van der Waals surface area contributed by atoms with Crippen molar-refractivity contribution in [3.63, 3.8) is 0 Å². The minimum atomic E-state index is 0. The van der Waals surface area contributed by atoms with Crippen molar-refractivity contribution in [3.05, 3.63) is 59.5 Å². The summed E-state index contributed by atoms with van der Waals surface area (Å²) < 4.78 is 7.98. The first-order chi connectivity index (χ1) is 10.5.